The highest BCUT2D eigenvalue weighted by Crippen LogP contribution is 2.36. The van der Waals surface area contributed by atoms with Crippen LogP contribution >= 0.6 is 0 Å². The third kappa shape index (κ3) is 7.44. The van der Waals surface area contributed by atoms with Gasteiger partial charge < -0.3 is 24.0 Å². The lowest BCUT2D eigenvalue weighted by molar-refractivity contribution is -0.191. The SMILES string of the molecule is CCC(C)n1ncn(-c2ccc(N3CCN(c4ccc(OCC5COC(CN6CCCCC=N6)(c6ccc(C)cc6)O5)cc4)CC3)cc2)c1=O. The summed E-state index contributed by atoms with van der Waals surface area (Å²) >= 11 is 0. The number of rotatable bonds is 11. The van der Waals surface area contributed by atoms with E-state index in [4.69, 9.17) is 14.2 Å². The van der Waals surface area contributed by atoms with Crippen molar-refractivity contribution in [3.63, 3.8) is 0 Å². The second-order valence-corrected chi connectivity index (χ2v) is 13.6. The molecule has 3 unspecified atom stereocenters. The summed E-state index contributed by atoms with van der Waals surface area (Å²) in [6.07, 6.45) is 7.54. The second kappa shape index (κ2) is 15.1. The fourth-order valence-corrected chi connectivity index (χ4v) is 6.86. The van der Waals surface area contributed by atoms with E-state index >= 15 is 0 Å². The predicted octanol–water partition coefficient (Wildman–Crippen LogP) is 5.76. The molecule has 3 atom stereocenters. The van der Waals surface area contributed by atoms with Crippen LogP contribution in [0.2, 0.25) is 0 Å². The third-order valence-corrected chi connectivity index (χ3v) is 10.1. The van der Waals surface area contributed by atoms with Gasteiger partial charge >= 0.3 is 5.69 Å². The number of hydrogen-bond acceptors (Lipinski definition) is 9. The van der Waals surface area contributed by atoms with Crippen molar-refractivity contribution in [1.29, 1.82) is 0 Å². The molecule has 50 heavy (non-hydrogen) atoms. The first-order chi connectivity index (χ1) is 24.4. The lowest BCUT2D eigenvalue weighted by Crippen LogP contribution is -2.46. The lowest BCUT2D eigenvalue weighted by Gasteiger charge is -2.37. The van der Waals surface area contributed by atoms with E-state index in [0.717, 1.165) is 81.1 Å². The van der Waals surface area contributed by atoms with Crippen molar-refractivity contribution in [3.8, 4) is 11.4 Å². The van der Waals surface area contributed by atoms with Gasteiger partial charge in [0.25, 0.3) is 0 Å². The van der Waals surface area contributed by atoms with Crippen molar-refractivity contribution < 1.29 is 14.2 Å². The van der Waals surface area contributed by atoms with Crippen LogP contribution < -0.4 is 20.2 Å². The molecule has 11 heteroatoms. The standard InChI is InChI=1S/C39H49N7O4/c1-4-31(3)46-38(47)45(29-41-46)35-14-12-33(13-15-35)42-22-24-43(25-23-42)34-16-18-36(19-17-34)48-26-37-27-49-39(50-37,32-10-8-30(2)9-11-32)28-44-21-7-5-6-20-40-44/h8-20,29,31,37H,4-7,21-28H2,1-3H3. The zero-order valence-corrected chi connectivity index (χ0v) is 29.5. The van der Waals surface area contributed by atoms with Gasteiger partial charge in [-0.2, -0.15) is 10.2 Å². The molecule has 0 radical (unpaired) electrons. The van der Waals surface area contributed by atoms with Crippen molar-refractivity contribution in [1.82, 2.24) is 19.4 Å². The molecule has 264 valence electrons. The van der Waals surface area contributed by atoms with Crippen molar-refractivity contribution in [2.75, 3.05) is 62.3 Å². The topological polar surface area (TPSA) is 89.6 Å². The van der Waals surface area contributed by atoms with E-state index in [1.54, 1.807) is 15.6 Å². The molecule has 2 fully saturated rings. The van der Waals surface area contributed by atoms with E-state index in [9.17, 15) is 4.79 Å². The number of piperazine rings is 1. The molecule has 0 N–H and O–H groups in total. The van der Waals surface area contributed by atoms with Crippen LogP contribution in [0.4, 0.5) is 11.4 Å². The van der Waals surface area contributed by atoms with Crippen LogP contribution in [0.5, 0.6) is 5.75 Å². The van der Waals surface area contributed by atoms with E-state index in [0.29, 0.717) is 19.8 Å². The van der Waals surface area contributed by atoms with Crippen LogP contribution in [-0.2, 0) is 15.3 Å². The van der Waals surface area contributed by atoms with Gasteiger partial charge in [-0.1, -0.05) is 36.8 Å². The number of nitrogens with zero attached hydrogens (tertiary/aromatic N) is 7. The van der Waals surface area contributed by atoms with Crippen LogP contribution in [0, 0.1) is 6.92 Å². The first kappa shape index (κ1) is 33.9. The van der Waals surface area contributed by atoms with Gasteiger partial charge in [0, 0.05) is 55.9 Å². The Kier molecular flexibility index (Phi) is 10.2. The Bertz CT molecular complexity index is 1780. The zero-order valence-electron chi connectivity index (χ0n) is 29.5. The average molecular weight is 680 g/mol. The van der Waals surface area contributed by atoms with E-state index in [2.05, 4.69) is 87.4 Å². The number of benzene rings is 3. The minimum Gasteiger partial charge on any atom is -0.491 e. The molecular formula is C39H49N7O4. The summed E-state index contributed by atoms with van der Waals surface area (Å²) in [5, 5.41) is 11.1. The van der Waals surface area contributed by atoms with Gasteiger partial charge in [-0.3, -0.25) is 5.01 Å². The van der Waals surface area contributed by atoms with Crippen molar-refractivity contribution in [2.24, 2.45) is 5.10 Å². The molecule has 3 aliphatic heterocycles. The van der Waals surface area contributed by atoms with Crippen LogP contribution in [0.25, 0.3) is 5.69 Å². The molecule has 0 spiro atoms. The number of hydrogen-bond donors (Lipinski definition) is 0. The molecule has 1 aromatic heterocycles. The number of aromatic nitrogens is 3. The van der Waals surface area contributed by atoms with Gasteiger partial charge in [-0.15, -0.1) is 0 Å². The van der Waals surface area contributed by atoms with Crippen molar-refractivity contribution in [3.05, 3.63) is 101 Å². The smallest absolute Gasteiger partial charge is 0.350 e. The first-order valence-electron chi connectivity index (χ1n) is 18.1. The number of hydrazone groups is 1. The summed E-state index contributed by atoms with van der Waals surface area (Å²) in [5.74, 6) is -0.0661. The second-order valence-electron chi connectivity index (χ2n) is 13.6. The number of anilines is 2. The van der Waals surface area contributed by atoms with Crippen LogP contribution in [0.1, 0.15) is 56.7 Å². The summed E-state index contributed by atoms with van der Waals surface area (Å²) in [6, 6.07) is 25.0. The van der Waals surface area contributed by atoms with Crippen LogP contribution in [-0.4, -0.2) is 84.2 Å². The molecule has 0 amide bonds. The Morgan fingerprint density at radius 3 is 2.22 bits per heavy atom. The third-order valence-electron chi connectivity index (χ3n) is 10.1. The summed E-state index contributed by atoms with van der Waals surface area (Å²) < 4.78 is 22.5. The van der Waals surface area contributed by atoms with Gasteiger partial charge in [0.15, 0.2) is 0 Å². The van der Waals surface area contributed by atoms with E-state index in [-0.39, 0.29) is 17.8 Å². The fourth-order valence-electron chi connectivity index (χ4n) is 6.86. The normalized spacial score (nSPS) is 21.7. The molecule has 0 saturated carbocycles. The van der Waals surface area contributed by atoms with Gasteiger partial charge in [-0.25, -0.2) is 14.0 Å². The van der Waals surface area contributed by atoms with Gasteiger partial charge in [0.1, 0.15) is 24.8 Å². The lowest BCUT2D eigenvalue weighted by atomic mass is 10.0. The zero-order chi connectivity index (χ0) is 34.5. The van der Waals surface area contributed by atoms with Gasteiger partial charge in [0.2, 0.25) is 5.79 Å². The molecule has 0 bridgehead atoms. The molecular weight excluding hydrogens is 630 g/mol. The Morgan fingerprint density at radius 2 is 1.54 bits per heavy atom. The molecule has 3 aromatic carbocycles. The minimum absolute atomic E-state index is 0.0746. The fraction of sp³-hybridized carbons (Fsp3) is 0.462. The molecule has 2 saturated heterocycles. The maximum absolute atomic E-state index is 12.8. The Morgan fingerprint density at radius 1 is 0.880 bits per heavy atom. The highest BCUT2D eigenvalue weighted by Gasteiger charge is 2.45. The van der Waals surface area contributed by atoms with E-state index < -0.39 is 5.79 Å². The Labute approximate surface area is 294 Å². The van der Waals surface area contributed by atoms with E-state index in [1.807, 2.05) is 37.4 Å². The molecule has 3 aliphatic rings. The summed E-state index contributed by atoms with van der Waals surface area (Å²) in [7, 11) is 0. The molecule has 0 aliphatic carbocycles. The maximum atomic E-state index is 12.8. The molecule has 7 rings (SSSR count). The predicted molar refractivity (Wildman–Crippen MR) is 197 cm³/mol. The average Bonchev–Trinajstić information content (AvgIpc) is 3.65. The molecule has 4 aromatic rings. The summed E-state index contributed by atoms with van der Waals surface area (Å²) in [4.78, 5) is 17.6. The Hall–Kier alpha value is -4.61. The van der Waals surface area contributed by atoms with Crippen LogP contribution in [0.3, 0.4) is 0 Å². The van der Waals surface area contributed by atoms with Gasteiger partial charge in [0.05, 0.1) is 24.9 Å². The van der Waals surface area contributed by atoms with Crippen molar-refractivity contribution >= 4 is 17.6 Å². The number of ether oxygens (including phenoxy) is 3. The largest absolute Gasteiger partial charge is 0.491 e. The summed E-state index contributed by atoms with van der Waals surface area (Å²) in [6.45, 7) is 12.1. The quantitative estimate of drug-likeness (QED) is 0.198. The molecule has 11 nitrogen and oxygen atoms in total. The maximum Gasteiger partial charge on any atom is 0.350 e. The first-order valence-corrected chi connectivity index (χ1v) is 18.1. The highest BCUT2D eigenvalue weighted by atomic mass is 16.8. The highest BCUT2D eigenvalue weighted by molar-refractivity contribution is 5.57. The summed E-state index contributed by atoms with van der Waals surface area (Å²) in [5.41, 5.74) is 5.27. The van der Waals surface area contributed by atoms with Gasteiger partial charge in [-0.05, 0) is 88.1 Å². The number of aryl methyl sites for hydroxylation is 1. The minimum atomic E-state index is -0.881. The monoisotopic (exact) mass is 679 g/mol. The van der Waals surface area contributed by atoms with E-state index in [1.165, 1.54) is 11.3 Å². The molecule has 4 heterocycles. The van der Waals surface area contributed by atoms with Crippen molar-refractivity contribution in [2.45, 2.75) is 64.4 Å². The van der Waals surface area contributed by atoms with Crippen LogP contribution in [0.15, 0.2) is 89.0 Å². The Balaban J connectivity index is 0.915.